The highest BCUT2D eigenvalue weighted by atomic mass is 28.4. The molecule has 9 nitrogen and oxygen atoms in total. The Morgan fingerprint density at radius 2 is 2.05 bits per heavy atom. The van der Waals surface area contributed by atoms with E-state index in [0.717, 1.165) is 34.5 Å². The molecule has 1 N–H and O–H groups in total. The van der Waals surface area contributed by atoms with Gasteiger partial charge in [-0.15, -0.1) is 0 Å². The van der Waals surface area contributed by atoms with E-state index in [9.17, 15) is 10.1 Å². The minimum atomic E-state index is -2.03. The highest BCUT2D eigenvalue weighted by Crippen LogP contribution is 2.46. The molecular weight excluding hydrogens is 493 g/mol. The molecule has 0 amide bonds. The van der Waals surface area contributed by atoms with Crippen molar-refractivity contribution < 1.29 is 9.22 Å². The van der Waals surface area contributed by atoms with E-state index < -0.39 is 13.7 Å². The molecule has 4 rings (SSSR count). The summed E-state index contributed by atoms with van der Waals surface area (Å²) in [5.41, 5.74) is 4.17. The van der Waals surface area contributed by atoms with Gasteiger partial charge in [-0.1, -0.05) is 27.7 Å². The summed E-state index contributed by atoms with van der Waals surface area (Å²) in [5.74, 6) is 1.21. The van der Waals surface area contributed by atoms with Gasteiger partial charge in [0, 0.05) is 49.1 Å². The van der Waals surface area contributed by atoms with E-state index in [1.807, 2.05) is 37.0 Å². The van der Waals surface area contributed by atoms with Crippen molar-refractivity contribution in [3.8, 4) is 17.3 Å². The van der Waals surface area contributed by atoms with Crippen molar-refractivity contribution in [3.63, 3.8) is 0 Å². The molecule has 1 aliphatic heterocycles. The predicted molar refractivity (Wildman–Crippen MR) is 154 cm³/mol. The van der Waals surface area contributed by atoms with E-state index in [-0.39, 0.29) is 5.04 Å². The fourth-order valence-electron chi connectivity index (χ4n) is 4.48. The van der Waals surface area contributed by atoms with Crippen LogP contribution >= 0.6 is 0 Å². The van der Waals surface area contributed by atoms with Crippen molar-refractivity contribution >= 4 is 39.4 Å². The Hall–Kier alpha value is -3.49. The zero-order valence-electron chi connectivity index (χ0n) is 23.5. The van der Waals surface area contributed by atoms with E-state index >= 15 is 0 Å². The summed E-state index contributed by atoms with van der Waals surface area (Å²) >= 11 is 0. The number of aryl methyl sites for hydroxylation is 2. The predicted octanol–water partition coefficient (Wildman–Crippen LogP) is 4.71. The highest BCUT2D eigenvalue weighted by molar-refractivity contribution is 6.74. The van der Waals surface area contributed by atoms with Gasteiger partial charge in [-0.2, -0.15) is 10.4 Å². The number of anilines is 3. The van der Waals surface area contributed by atoms with Crippen LogP contribution < -0.4 is 10.1 Å². The minimum Gasteiger partial charge on any atom is -0.416 e. The summed E-state index contributed by atoms with van der Waals surface area (Å²) in [6, 6.07) is 9.99. The lowest BCUT2D eigenvalue weighted by Gasteiger charge is -2.39. The number of aromatic nitrogens is 4. The Bertz CT molecular complexity index is 1410. The van der Waals surface area contributed by atoms with Crippen molar-refractivity contribution in [1.82, 2.24) is 19.7 Å². The summed E-state index contributed by atoms with van der Waals surface area (Å²) in [7, 11) is 1.33. The molecular formula is C27H35BN7O2Si. The van der Waals surface area contributed by atoms with Crippen LogP contribution in [-0.2, 0) is 21.7 Å². The van der Waals surface area contributed by atoms with Gasteiger partial charge in [0.1, 0.15) is 18.1 Å². The molecule has 0 bridgehead atoms. The normalized spacial score (nSPS) is 17.2. The van der Waals surface area contributed by atoms with Gasteiger partial charge in [-0.3, -0.25) is 4.68 Å². The molecule has 0 saturated heterocycles. The average molecular weight is 529 g/mol. The largest absolute Gasteiger partial charge is 0.416 e. The molecule has 0 fully saturated rings. The Balaban J connectivity index is 1.75. The van der Waals surface area contributed by atoms with Crippen LogP contribution in [-0.4, -0.2) is 54.8 Å². The molecule has 1 unspecified atom stereocenters. The molecule has 1 aromatic carbocycles. The number of benzene rings is 1. The molecule has 197 valence electrons. The van der Waals surface area contributed by atoms with E-state index in [0.29, 0.717) is 30.4 Å². The molecule has 2 aromatic heterocycles. The maximum atomic E-state index is 11.5. The van der Waals surface area contributed by atoms with Crippen LogP contribution in [0.15, 0.2) is 30.5 Å². The second kappa shape index (κ2) is 10.0. The Morgan fingerprint density at radius 1 is 1.32 bits per heavy atom. The first kappa shape index (κ1) is 27.5. The Kier molecular flexibility index (Phi) is 7.25. The Labute approximate surface area is 226 Å². The summed E-state index contributed by atoms with van der Waals surface area (Å²) in [4.78, 5) is 22.5. The zero-order valence-corrected chi connectivity index (χ0v) is 24.5. The molecule has 11 heteroatoms. The van der Waals surface area contributed by atoms with Gasteiger partial charge in [0.2, 0.25) is 5.95 Å². The SMILES string of the molecule is Cc1cc(Nc2nccc(-c3cc(C#N)c4c(c3)C(C)(CO[Si](C)(C)C(C)(C)C)CN4[B]C=O)n2)n(C)n1. The molecule has 1 radical (unpaired) electrons. The van der Waals surface area contributed by atoms with Crippen LogP contribution in [0.25, 0.3) is 11.3 Å². The lowest BCUT2D eigenvalue weighted by Crippen LogP contribution is -2.46. The van der Waals surface area contributed by atoms with Crippen LogP contribution in [0, 0.1) is 18.3 Å². The van der Waals surface area contributed by atoms with Gasteiger partial charge in [0.05, 0.1) is 17.0 Å². The third kappa shape index (κ3) is 5.24. The number of nitrogens with one attached hydrogen (secondary N) is 1. The first-order valence-corrected chi connectivity index (χ1v) is 15.6. The topological polar surface area (TPSA) is 109 Å². The molecule has 38 heavy (non-hydrogen) atoms. The first-order chi connectivity index (χ1) is 17.8. The molecule has 1 atom stereocenters. The van der Waals surface area contributed by atoms with Gasteiger partial charge in [0.15, 0.2) is 8.32 Å². The lowest BCUT2D eigenvalue weighted by molar-refractivity contribution is 0.219. The molecule has 1 aliphatic rings. The maximum absolute atomic E-state index is 11.5. The second-order valence-corrected chi connectivity index (χ2v) is 16.5. The lowest BCUT2D eigenvalue weighted by atomic mass is 9.83. The third-order valence-corrected chi connectivity index (χ3v) is 12.2. The first-order valence-electron chi connectivity index (χ1n) is 12.7. The Morgan fingerprint density at radius 3 is 2.66 bits per heavy atom. The zero-order chi connectivity index (χ0) is 27.9. The number of hydrogen-bond donors (Lipinski definition) is 1. The number of hydrogen-bond acceptors (Lipinski definition) is 8. The monoisotopic (exact) mass is 528 g/mol. The van der Waals surface area contributed by atoms with E-state index in [4.69, 9.17) is 9.41 Å². The quantitative estimate of drug-likeness (QED) is 0.331. The minimum absolute atomic E-state index is 0.0653. The average Bonchev–Trinajstić information content (AvgIpc) is 3.32. The van der Waals surface area contributed by atoms with E-state index in [1.165, 1.54) is 7.41 Å². The summed E-state index contributed by atoms with van der Waals surface area (Å²) < 4.78 is 8.40. The van der Waals surface area contributed by atoms with Crippen molar-refractivity contribution in [2.24, 2.45) is 7.05 Å². The van der Waals surface area contributed by atoms with Crippen molar-refractivity contribution in [1.29, 1.82) is 5.26 Å². The van der Waals surface area contributed by atoms with Gasteiger partial charge in [-0.05, 0) is 48.8 Å². The van der Waals surface area contributed by atoms with Gasteiger partial charge in [-0.25, -0.2) is 9.97 Å². The molecule has 0 aliphatic carbocycles. The standard InChI is InChI=1S/C27H35BN7O2Si/c1-18-11-23(34(6)33-18)32-25-30-10-9-22(31-25)19-12-20(14-29)24-21(13-19)27(5,15-35(24)28-17-36)16-37-38(7,8)26(2,3)4/h9-13,17H,15-16H2,1-8H3,(H,30,31,32). The molecule has 3 aromatic rings. The summed E-state index contributed by atoms with van der Waals surface area (Å²) in [6.45, 7) is 16.2. The number of rotatable bonds is 8. The number of fused-ring (bicyclic) bond motifs is 1. The third-order valence-electron chi connectivity index (χ3n) is 7.68. The molecule has 0 saturated carbocycles. The molecule has 3 heterocycles. The fourth-order valence-corrected chi connectivity index (χ4v) is 5.59. The summed E-state index contributed by atoms with van der Waals surface area (Å²) in [6.07, 6.45) is 2.46. The number of nitrogens with zero attached hydrogens (tertiary/aromatic N) is 6. The number of nitriles is 1. The smallest absolute Gasteiger partial charge is 0.329 e. The maximum Gasteiger partial charge on any atom is 0.329 e. The molecule has 0 spiro atoms. The van der Waals surface area contributed by atoms with Crippen LogP contribution in [0.4, 0.5) is 17.5 Å². The summed E-state index contributed by atoms with van der Waals surface area (Å²) in [5, 5.41) is 17.8. The van der Waals surface area contributed by atoms with Crippen LogP contribution in [0.2, 0.25) is 18.1 Å². The van der Waals surface area contributed by atoms with Gasteiger partial charge >= 0.3 is 7.41 Å². The van der Waals surface area contributed by atoms with Gasteiger partial charge < -0.3 is 19.3 Å². The van der Waals surface area contributed by atoms with Gasteiger partial charge in [0.25, 0.3) is 0 Å². The van der Waals surface area contributed by atoms with Crippen LogP contribution in [0.5, 0.6) is 0 Å². The van der Waals surface area contributed by atoms with E-state index in [2.05, 4.69) is 68.3 Å². The van der Waals surface area contributed by atoms with Crippen molar-refractivity contribution in [2.45, 2.75) is 58.2 Å². The van der Waals surface area contributed by atoms with Crippen LogP contribution in [0.1, 0.15) is 44.5 Å². The number of carbonyl (C=O) groups is 1. The van der Waals surface area contributed by atoms with Crippen molar-refractivity contribution in [3.05, 3.63) is 47.3 Å². The van der Waals surface area contributed by atoms with E-state index in [1.54, 1.807) is 10.9 Å². The number of carbonyl (C=O) groups excluding carboxylic acids is 1. The highest BCUT2D eigenvalue weighted by Gasteiger charge is 2.44. The second-order valence-electron chi connectivity index (χ2n) is 11.7. The fraction of sp³-hybridized carbons (Fsp3) is 0.444. The van der Waals surface area contributed by atoms with Crippen molar-refractivity contribution in [2.75, 3.05) is 23.3 Å². The van der Waals surface area contributed by atoms with Crippen LogP contribution in [0.3, 0.4) is 0 Å².